The lowest BCUT2D eigenvalue weighted by atomic mass is 9.93. The highest BCUT2D eigenvalue weighted by molar-refractivity contribution is 5.61. The van der Waals surface area contributed by atoms with Crippen LogP contribution in [0.5, 0.6) is 0 Å². The summed E-state index contributed by atoms with van der Waals surface area (Å²) in [6.45, 7) is -0.776. The summed E-state index contributed by atoms with van der Waals surface area (Å²) in [5.74, 6) is 1.62. The quantitative estimate of drug-likeness (QED) is 0.503. The summed E-state index contributed by atoms with van der Waals surface area (Å²) in [4.78, 5) is 17.4. The second-order valence-corrected chi connectivity index (χ2v) is 7.73. The largest absolute Gasteiger partial charge is 0.368 e. The van der Waals surface area contributed by atoms with Crippen LogP contribution in [0.25, 0.3) is 16.9 Å². The van der Waals surface area contributed by atoms with Crippen LogP contribution in [0.1, 0.15) is 43.8 Å². The lowest BCUT2D eigenvalue weighted by Gasteiger charge is -2.28. The van der Waals surface area contributed by atoms with Crippen LogP contribution < -0.4 is 11.1 Å². The van der Waals surface area contributed by atoms with Gasteiger partial charge in [-0.2, -0.15) is 28.8 Å². The average molecular weight is 425 g/mol. The van der Waals surface area contributed by atoms with E-state index in [1.54, 1.807) is 12.3 Å². The summed E-state index contributed by atoms with van der Waals surface area (Å²) in [5, 5.41) is 7.43. The Bertz CT molecular complexity index is 1240. The van der Waals surface area contributed by atoms with Crippen molar-refractivity contribution in [3.05, 3.63) is 48.3 Å². The predicted molar refractivity (Wildman–Crippen MR) is 110 cm³/mol. The molecule has 4 aromatic heterocycles. The Hall–Kier alpha value is -3.63. The van der Waals surface area contributed by atoms with Crippen LogP contribution in [0.3, 0.4) is 0 Å². The maximum absolute atomic E-state index is 13.1. The molecule has 0 radical (unpaired) electrons. The molecule has 1 saturated carbocycles. The van der Waals surface area contributed by atoms with Crippen molar-refractivity contribution in [1.29, 1.82) is 0 Å². The lowest BCUT2D eigenvalue weighted by molar-refractivity contribution is 0.0557. The van der Waals surface area contributed by atoms with Crippen molar-refractivity contribution in [1.82, 2.24) is 34.1 Å². The zero-order chi connectivity index (χ0) is 21.6. The van der Waals surface area contributed by atoms with Gasteiger partial charge in [-0.3, -0.25) is 0 Å². The number of nitrogens with one attached hydrogen (secondary N) is 1. The summed E-state index contributed by atoms with van der Waals surface area (Å²) in [6.07, 6.45) is 8.32. The Balaban J connectivity index is 1.52. The number of fused-ring (bicyclic) bond motifs is 1. The molecule has 0 atom stereocenters. The van der Waals surface area contributed by atoms with Crippen LogP contribution in [-0.4, -0.2) is 34.1 Å². The number of aromatic nitrogens is 7. The summed E-state index contributed by atoms with van der Waals surface area (Å²) in [7, 11) is 0. The molecule has 160 valence electrons. The molecule has 1 aliphatic rings. The van der Waals surface area contributed by atoms with E-state index in [1.165, 1.54) is 6.20 Å². The van der Waals surface area contributed by atoms with E-state index < -0.39 is 12.1 Å². The molecule has 11 heteroatoms. The number of nitrogen functional groups attached to an aromatic ring is 1. The third-order valence-electron chi connectivity index (χ3n) is 5.73. The van der Waals surface area contributed by atoms with Crippen molar-refractivity contribution in [2.45, 2.75) is 44.7 Å². The number of hydrogen-bond acceptors (Lipinski definition) is 7. The number of nitrogens with zero attached hydrogens (tertiary/aromatic N) is 7. The number of anilines is 2. The van der Waals surface area contributed by atoms with Gasteiger partial charge < -0.3 is 15.5 Å². The van der Waals surface area contributed by atoms with Crippen LogP contribution in [0.2, 0.25) is 0 Å². The fraction of sp³-hybridized carbons (Fsp3) is 0.350. The van der Waals surface area contributed by atoms with Gasteiger partial charge in [0, 0.05) is 18.0 Å². The van der Waals surface area contributed by atoms with Gasteiger partial charge in [0.15, 0.2) is 5.82 Å². The summed E-state index contributed by atoms with van der Waals surface area (Å²) >= 11 is 0. The maximum Gasteiger partial charge on any atom is 0.333 e. The smallest absolute Gasteiger partial charge is 0.333 e. The van der Waals surface area contributed by atoms with E-state index in [4.69, 9.17) is 5.73 Å². The van der Waals surface area contributed by atoms with Crippen LogP contribution in [-0.2, 0) is 5.54 Å². The zero-order valence-electron chi connectivity index (χ0n) is 16.8. The number of pyridine rings is 1. The van der Waals surface area contributed by atoms with E-state index in [2.05, 4.69) is 30.4 Å². The van der Waals surface area contributed by atoms with Crippen LogP contribution in [0.4, 0.5) is 20.7 Å². The summed E-state index contributed by atoms with van der Waals surface area (Å²) in [6, 6.07) is 5.44. The van der Waals surface area contributed by atoms with Gasteiger partial charge in [0.1, 0.15) is 5.82 Å². The van der Waals surface area contributed by atoms with E-state index in [0.717, 1.165) is 42.6 Å². The normalized spacial score (nSPS) is 15.7. The Morgan fingerprint density at radius 2 is 1.94 bits per heavy atom. The lowest BCUT2D eigenvalue weighted by Crippen LogP contribution is -2.34. The topological polar surface area (TPSA) is 112 Å². The molecular formula is C20H21F2N9. The van der Waals surface area contributed by atoms with Gasteiger partial charge in [-0.15, -0.1) is 0 Å². The minimum atomic E-state index is -2.69. The first kappa shape index (κ1) is 19.3. The number of hydrogen-bond donors (Lipinski definition) is 2. The van der Waals surface area contributed by atoms with Gasteiger partial charge in [0.05, 0.1) is 22.9 Å². The van der Waals surface area contributed by atoms with Gasteiger partial charge in [-0.1, -0.05) is 12.8 Å². The molecule has 4 aromatic rings. The van der Waals surface area contributed by atoms with Crippen molar-refractivity contribution in [3.63, 3.8) is 0 Å². The maximum atomic E-state index is 13.1. The first-order chi connectivity index (χ1) is 14.9. The van der Waals surface area contributed by atoms with Crippen LogP contribution >= 0.6 is 0 Å². The number of aryl methyl sites for hydroxylation is 1. The fourth-order valence-electron chi connectivity index (χ4n) is 4.17. The van der Waals surface area contributed by atoms with Crippen LogP contribution in [0.15, 0.2) is 36.8 Å². The minimum absolute atomic E-state index is 0.0706. The van der Waals surface area contributed by atoms with Crippen molar-refractivity contribution in [2.75, 3.05) is 11.1 Å². The highest BCUT2D eigenvalue weighted by Gasteiger charge is 2.39. The minimum Gasteiger partial charge on any atom is -0.368 e. The number of alkyl halides is 2. The highest BCUT2D eigenvalue weighted by Crippen LogP contribution is 2.40. The van der Waals surface area contributed by atoms with Crippen molar-refractivity contribution in [3.8, 4) is 11.4 Å². The molecule has 0 spiro atoms. The first-order valence-electron chi connectivity index (χ1n) is 10.0. The van der Waals surface area contributed by atoms with E-state index in [0.29, 0.717) is 22.1 Å². The first-order valence-corrected chi connectivity index (χ1v) is 10.0. The molecule has 0 saturated heterocycles. The van der Waals surface area contributed by atoms with Crippen molar-refractivity contribution in [2.24, 2.45) is 0 Å². The van der Waals surface area contributed by atoms with Gasteiger partial charge >= 0.3 is 6.55 Å². The molecule has 31 heavy (non-hydrogen) atoms. The third-order valence-corrected chi connectivity index (χ3v) is 5.73. The molecule has 4 heterocycles. The molecule has 5 rings (SSSR count). The molecule has 3 N–H and O–H groups in total. The van der Waals surface area contributed by atoms with Gasteiger partial charge in [0.25, 0.3) is 0 Å². The van der Waals surface area contributed by atoms with E-state index in [1.807, 2.05) is 29.7 Å². The fourth-order valence-corrected chi connectivity index (χ4v) is 4.17. The molecule has 0 bridgehead atoms. The molecular weight excluding hydrogens is 404 g/mol. The van der Waals surface area contributed by atoms with E-state index in [-0.39, 0.29) is 5.95 Å². The molecule has 0 amide bonds. The van der Waals surface area contributed by atoms with Gasteiger partial charge in [-0.05, 0) is 38.0 Å². The monoisotopic (exact) mass is 425 g/mol. The average Bonchev–Trinajstić information content (AvgIpc) is 3.48. The van der Waals surface area contributed by atoms with Crippen molar-refractivity contribution >= 4 is 17.4 Å². The van der Waals surface area contributed by atoms with Crippen molar-refractivity contribution < 1.29 is 8.78 Å². The Morgan fingerprint density at radius 1 is 1.13 bits per heavy atom. The predicted octanol–water partition coefficient (Wildman–Crippen LogP) is 3.55. The van der Waals surface area contributed by atoms with Gasteiger partial charge in [0.2, 0.25) is 11.9 Å². The third kappa shape index (κ3) is 3.45. The molecule has 1 aliphatic carbocycles. The summed E-state index contributed by atoms with van der Waals surface area (Å²) in [5.41, 5.74) is 7.61. The molecule has 9 nitrogen and oxygen atoms in total. The molecule has 1 fully saturated rings. The van der Waals surface area contributed by atoms with E-state index >= 15 is 0 Å². The number of halogens is 2. The Labute approximate surface area is 176 Å². The Kier molecular flexibility index (Phi) is 4.53. The highest BCUT2D eigenvalue weighted by atomic mass is 19.3. The molecule has 0 aliphatic heterocycles. The number of nitrogens with two attached hydrogens (primary N) is 1. The number of rotatable bonds is 5. The second-order valence-electron chi connectivity index (χ2n) is 7.73. The van der Waals surface area contributed by atoms with E-state index in [9.17, 15) is 8.78 Å². The summed E-state index contributed by atoms with van der Waals surface area (Å²) < 4.78 is 28.7. The molecule has 0 unspecified atom stereocenters. The standard InChI is InChI=1S/C20H21F2N9/c1-12-24-10-14-5-4-13(11-30(12)14)16-25-18(23)27-19(26-16)28-20(7-2-3-8-20)15-6-9-31(29-15)17(21)22/h4-6,9-11,17H,2-3,7-8H2,1H3,(H3,23,25,26,27,28). The second kappa shape index (κ2) is 7.25. The number of imidazole rings is 1. The Morgan fingerprint density at radius 3 is 2.68 bits per heavy atom. The zero-order valence-corrected chi connectivity index (χ0v) is 16.8. The van der Waals surface area contributed by atoms with Crippen LogP contribution in [0, 0.1) is 6.92 Å². The molecule has 0 aromatic carbocycles. The van der Waals surface area contributed by atoms with Gasteiger partial charge in [-0.25, -0.2) is 9.67 Å². The SMILES string of the molecule is Cc1ncc2ccc(-c3nc(N)nc(NC4(c5ccn(C(F)F)n5)CCCC4)n3)cn12.